The summed E-state index contributed by atoms with van der Waals surface area (Å²) in [7, 11) is 1.62. The van der Waals surface area contributed by atoms with E-state index in [9.17, 15) is 4.79 Å². The van der Waals surface area contributed by atoms with E-state index in [0.29, 0.717) is 29.0 Å². The number of carbonyl (C=O) groups excluding carboxylic acids is 1. The van der Waals surface area contributed by atoms with Gasteiger partial charge in [0.15, 0.2) is 5.76 Å². The number of hydrogen-bond acceptors (Lipinski definition) is 7. The molecular formula is C19H16N4O3S. The minimum Gasteiger partial charge on any atom is -0.496 e. The third-order valence-electron chi connectivity index (χ3n) is 3.90. The maximum absolute atomic E-state index is 12.8. The third kappa shape index (κ3) is 3.47. The van der Waals surface area contributed by atoms with Crippen molar-refractivity contribution >= 4 is 23.2 Å². The van der Waals surface area contributed by atoms with Gasteiger partial charge in [-0.25, -0.2) is 0 Å². The number of ether oxygens (including phenoxy) is 1. The van der Waals surface area contributed by atoms with Gasteiger partial charge in [0, 0.05) is 12.1 Å². The van der Waals surface area contributed by atoms with Crippen LogP contribution in [0.4, 0.5) is 5.95 Å². The average Bonchev–Trinajstić information content (AvgIpc) is 3.47. The van der Waals surface area contributed by atoms with Crippen molar-refractivity contribution < 1.29 is 13.9 Å². The Hall–Kier alpha value is -3.39. The predicted molar refractivity (Wildman–Crippen MR) is 102 cm³/mol. The molecule has 0 unspecified atom stereocenters. The van der Waals surface area contributed by atoms with Gasteiger partial charge < -0.3 is 14.5 Å². The Morgan fingerprint density at radius 3 is 2.85 bits per heavy atom. The molecule has 3 heterocycles. The van der Waals surface area contributed by atoms with E-state index in [4.69, 9.17) is 9.15 Å². The summed E-state index contributed by atoms with van der Waals surface area (Å²) in [6.45, 7) is 0.429. The molecule has 4 aromatic rings. The zero-order valence-corrected chi connectivity index (χ0v) is 15.3. The second-order valence-electron chi connectivity index (χ2n) is 5.60. The highest BCUT2D eigenvalue weighted by atomic mass is 32.1. The summed E-state index contributed by atoms with van der Waals surface area (Å²) < 4.78 is 12.0. The number of aromatic nitrogens is 3. The molecule has 0 aliphatic carbocycles. The number of nitrogens with one attached hydrogen (secondary N) is 1. The number of thiophene rings is 1. The second-order valence-corrected chi connectivity index (χ2v) is 6.54. The summed E-state index contributed by atoms with van der Waals surface area (Å²) in [6.07, 6.45) is 1.54. The van der Waals surface area contributed by atoms with Crippen LogP contribution in [0.5, 0.6) is 5.75 Å². The Balaban J connectivity index is 1.66. The van der Waals surface area contributed by atoms with Crippen molar-refractivity contribution in [1.82, 2.24) is 14.8 Å². The lowest BCUT2D eigenvalue weighted by molar-refractivity contribution is 0.0951. The number of nitrogens with zero attached hydrogens (tertiary/aromatic N) is 3. The molecule has 0 atom stereocenters. The molecular weight excluding hydrogens is 364 g/mol. The molecule has 0 bridgehead atoms. The number of carbonyl (C=O) groups is 1. The monoisotopic (exact) mass is 380 g/mol. The van der Waals surface area contributed by atoms with Gasteiger partial charge in [-0.2, -0.15) is 9.67 Å². The van der Waals surface area contributed by atoms with Gasteiger partial charge in [0.1, 0.15) is 5.75 Å². The lowest BCUT2D eigenvalue weighted by atomic mass is 10.2. The quantitative estimate of drug-likeness (QED) is 0.546. The van der Waals surface area contributed by atoms with E-state index < -0.39 is 0 Å². The molecule has 1 aromatic carbocycles. The van der Waals surface area contributed by atoms with E-state index in [-0.39, 0.29) is 5.91 Å². The first-order valence-corrected chi connectivity index (χ1v) is 9.09. The molecule has 0 radical (unpaired) electrons. The summed E-state index contributed by atoms with van der Waals surface area (Å²) >= 11 is 1.35. The number of anilines is 1. The van der Waals surface area contributed by atoms with Crippen LogP contribution in [0.1, 0.15) is 15.2 Å². The van der Waals surface area contributed by atoms with E-state index in [1.54, 1.807) is 31.6 Å². The zero-order chi connectivity index (χ0) is 18.6. The van der Waals surface area contributed by atoms with Crippen LogP contribution >= 0.6 is 11.3 Å². The van der Waals surface area contributed by atoms with Gasteiger partial charge in [0.05, 0.1) is 18.3 Å². The van der Waals surface area contributed by atoms with Crippen LogP contribution in [0.15, 0.2) is 64.6 Å². The second kappa shape index (κ2) is 7.46. The highest BCUT2D eigenvalue weighted by molar-refractivity contribution is 7.12. The third-order valence-corrected chi connectivity index (χ3v) is 4.76. The molecule has 27 heavy (non-hydrogen) atoms. The largest absolute Gasteiger partial charge is 0.496 e. The van der Waals surface area contributed by atoms with Crippen LogP contribution in [0, 0.1) is 0 Å². The van der Waals surface area contributed by atoms with Gasteiger partial charge >= 0.3 is 0 Å². The predicted octanol–water partition coefficient (Wildman–Crippen LogP) is 3.91. The first-order chi connectivity index (χ1) is 13.3. The lowest BCUT2D eigenvalue weighted by Gasteiger charge is -2.10. The first kappa shape index (κ1) is 17.0. The maximum atomic E-state index is 12.8. The molecule has 8 heteroatoms. The number of methoxy groups -OCH3 is 1. The van der Waals surface area contributed by atoms with E-state index >= 15 is 0 Å². The summed E-state index contributed by atoms with van der Waals surface area (Å²) in [5.74, 6) is 1.68. The van der Waals surface area contributed by atoms with Gasteiger partial charge in [-0.05, 0) is 29.6 Å². The Morgan fingerprint density at radius 2 is 2.11 bits per heavy atom. The van der Waals surface area contributed by atoms with Gasteiger partial charge in [-0.15, -0.1) is 16.4 Å². The molecule has 0 saturated heterocycles. The minimum absolute atomic E-state index is 0.252. The average molecular weight is 380 g/mol. The van der Waals surface area contributed by atoms with Crippen molar-refractivity contribution in [2.45, 2.75) is 6.54 Å². The van der Waals surface area contributed by atoms with Crippen LogP contribution in [-0.4, -0.2) is 27.8 Å². The molecule has 0 aliphatic rings. The van der Waals surface area contributed by atoms with Crippen LogP contribution in [-0.2, 0) is 6.54 Å². The van der Waals surface area contributed by atoms with Gasteiger partial charge in [0.2, 0.25) is 11.8 Å². The number of benzene rings is 1. The standard InChI is InChI=1S/C19H16N4O3S/c1-25-14-7-3-2-6-13(14)12-20-19-21-17(15-8-4-10-26-15)22-23(19)18(24)16-9-5-11-27-16/h2-11H,12H2,1H3,(H,20,21,22). The Morgan fingerprint density at radius 1 is 1.22 bits per heavy atom. The van der Waals surface area contributed by atoms with Crippen LogP contribution < -0.4 is 10.1 Å². The summed E-state index contributed by atoms with van der Waals surface area (Å²) in [6, 6.07) is 14.7. The molecule has 4 rings (SSSR count). The SMILES string of the molecule is COc1ccccc1CNc1nc(-c2ccco2)nn1C(=O)c1cccs1. The fourth-order valence-corrected chi connectivity index (χ4v) is 3.25. The topological polar surface area (TPSA) is 82.2 Å². The van der Waals surface area contributed by atoms with Gasteiger partial charge in [0.25, 0.3) is 5.91 Å². The minimum atomic E-state index is -0.252. The van der Waals surface area contributed by atoms with Crippen molar-refractivity contribution in [3.05, 3.63) is 70.6 Å². The number of para-hydroxylation sites is 1. The molecule has 1 N–H and O–H groups in total. The van der Waals surface area contributed by atoms with Crippen molar-refractivity contribution in [2.75, 3.05) is 12.4 Å². The highest BCUT2D eigenvalue weighted by Gasteiger charge is 2.20. The molecule has 136 valence electrons. The number of rotatable bonds is 6. The molecule has 7 nitrogen and oxygen atoms in total. The smallest absolute Gasteiger partial charge is 0.291 e. The first-order valence-electron chi connectivity index (χ1n) is 8.21. The summed E-state index contributed by atoms with van der Waals surface area (Å²) in [4.78, 5) is 17.8. The van der Waals surface area contributed by atoms with Gasteiger partial charge in [-0.1, -0.05) is 24.3 Å². The fourth-order valence-electron chi connectivity index (χ4n) is 2.61. The van der Waals surface area contributed by atoms with Crippen molar-refractivity contribution in [2.24, 2.45) is 0 Å². The van der Waals surface area contributed by atoms with Crippen molar-refractivity contribution in [3.8, 4) is 17.3 Å². The zero-order valence-electron chi connectivity index (χ0n) is 14.5. The normalized spacial score (nSPS) is 10.7. The molecule has 0 fully saturated rings. The van der Waals surface area contributed by atoms with E-state index in [1.165, 1.54) is 16.0 Å². The lowest BCUT2D eigenvalue weighted by Crippen LogP contribution is -2.16. The number of furan rings is 1. The Bertz CT molecular complexity index is 1040. The van der Waals surface area contributed by atoms with Crippen molar-refractivity contribution in [3.63, 3.8) is 0 Å². The van der Waals surface area contributed by atoms with Gasteiger partial charge in [-0.3, -0.25) is 4.79 Å². The highest BCUT2D eigenvalue weighted by Crippen LogP contribution is 2.22. The molecule has 0 spiro atoms. The molecule has 0 amide bonds. The van der Waals surface area contributed by atoms with Crippen LogP contribution in [0.25, 0.3) is 11.6 Å². The van der Waals surface area contributed by atoms with E-state index in [2.05, 4.69) is 15.4 Å². The molecule has 3 aromatic heterocycles. The summed E-state index contributed by atoms with van der Waals surface area (Å²) in [5, 5.41) is 9.37. The fraction of sp³-hybridized carbons (Fsp3) is 0.105. The molecule has 0 saturated carbocycles. The number of hydrogen-bond donors (Lipinski definition) is 1. The Kier molecular flexibility index (Phi) is 4.71. The van der Waals surface area contributed by atoms with Crippen LogP contribution in [0.3, 0.4) is 0 Å². The van der Waals surface area contributed by atoms with Crippen LogP contribution in [0.2, 0.25) is 0 Å². The molecule has 0 aliphatic heterocycles. The summed E-state index contributed by atoms with van der Waals surface area (Å²) in [5.41, 5.74) is 0.942. The maximum Gasteiger partial charge on any atom is 0.291 e. The van der Waals surface area contributed by atoms with E-state index in [1.807, 2.05) is 35.7 Å². The van der Waals surface area contributed by atoms with Crippen molar-refractivity contribution in [1.29, 1.82) is 0 Å². The Labute approximate surface area is 159 Å². The van der Waals surface area contributed by atoms with E-state index in [0.717, 1.165) is 11.3 Å².